The third kappa shape index (κ3) is 1.13. The lowest BCUT2D eigenvalue weighted by molar-refractivity contribution is 0.234. The molecule has 1 spiro atoms. The Morgan fingerprint density at radius 2 is 1.58 bits per heavy atom. The maximum atomic E-state index is 9.02. The zero-order chi connectivity index (χ0) is 8.66. The van der Waals surface area contributed by atoms with Gasteiger partial charge in [-0.1, -0.05) is 0 Å². The number of nitrogens with zero attached hydrogens (tertiary/aromatic N) is 1. The highest BCUT2D eigenvalue weighted by molar-refractivity contribution is 5.12. The SMILES string of the molecule is CNC1(C#N)CCC2(CC2)CC1. The lowest BCUT2D eigenvalue weighted by Crippen LogP contribution is -2.44. The van der Waals surface area contributed by atoms with Gasteiger partial charge in [-0.25, -0.2) is 0 Å². The highest BCUT2D eigenvalue weighted by atomic mass is 14.9. The van der Waals surface area contributed by atoms with Gasteiger partial charge in [0.1, 0.15) is 5.54 Å². The normalized spacial score (nSPS) is 29.7. The Morgan fingerprint density at radius 3 is 1.92 bits per heavy atom. The summed E-state index contributed by atoms with van der Waals surface area (Å²) >= 11 is 0. The minimum Gasteiger partial charge on any atom is -0.302 e. The predicted molar refractivity (Wildman–Crippen MR) is 47.5 cm³/mol. The molecule has 0 unspecified atom stereocenters. The molecule has 0 aromatic heterocycles. The fourth-order valence-electron chi connectivity index (χ4n) is 2.30. The summed E-state index contributed by atoms with van der Waals surface area (Å²) in [6, 6.07) is 2.42. The largest absolute Gasteiger partial charge is 0.302 e. The first-order valence-corrected chi connectivity index (χ1v) is 4.84. The highest BCUT2D eigenvalue weighted by Gasteiger charge is 2.48. The molecule has 2 rings (SSSR count). The lowest BCUT2D eigenvalue weighted by atomic mass is 9.75. The smallest absolute Gasteiger partial charge is 0.106 e. The third-order valence-electron chi connectivity index (χ3n) is 3.81. The van der Waals surface area contributed by atoms with Crippen molar-refractivity contribution in [2.45, 2.75) is 44.1 Å². The van der Waals surface area contributed by atoms with Crippen LogP contribution in [0.25, 0.3) is 0 Å². The van der Waals surface area contributed by atoms with Crippen molar-refractivity contribution in [1.82, 2.24) is 5.32 Å². The molecule has 66 valence electrons. The van der Waals surface area contributed by atoms with Gasteiger partial charge in [0.05, 0.1) is 6.07 Å². The van der Waals surface area contributed by atoms with Gasteiger partial charge in [0.2, 0.25) is 0 Å². The summed E-state index contributed by atoms with van der Waals surface area (Å²) in [5.74, 6) is 0. The molecule has 0 bridgehead atoms. The fraction of sp³-hybridized carbons (Fsp3) is 0.900. The maximum absolute atomic E-state index is 9.02. The monoisotopic (exact) mass is 164 g/mol. The molecule has 12 heavy (non-hydrogen) atoms. The van der Waals surface area contributed by atoms with E-state index in [2.05, 4.69) is 11.4 Å². The Morgan fingerprint density at radius 1 is 1.08 bits per heavy atom. The first kappa shape index (κ1) is 8.07. The molecule has 0 aromatic carbocycles. The van der Waals surface area contributed by atoms with Crippen molar-refractivity contribution in [2.24, 2.45) is 5.41 Å². The van der Waals surface area contributed by atoms with E-state index < -0.39 is 0 Å². The van der Waals surface area contributed by atoms with E-state index in [4.69, 9.17) is 5.26 Å². The first-order valence-electron chi connectivity index (χ1n) is 4.84. The summed E-state index contributed by atoms with van der Waals surface area (Å²) in [5.41, 5.74) is 0.505. The van der Waals surface area contributed by atoms with Crippen molar-refractivity contribution < 1.29 is 0 Å². The standard InChI is InChI=1S/C10H16N2/c1-12-10(8-11)6-4-9(2-3-9)5-7-10/h12H,2-7H2,1H3. The Bertz CT molecular complexity index is 212. The van der Waals surface area contributed by atoms with Gasteiger partial charge >= 0.3 is 0 Å². The summed E-state index contributed by atoms with van der Waals surface area (Å²) in [6.45, 7) is 0. The number of nitrogens with one attached hydrogen (secondary N) is 1. The molecule has 0 radical (unpaired) electrons. The van der Waals surface area contributed by atoms with Crippen LogP contribution >= 0.6 is 0 Å². The van der Waals surface area contributed by atoms with Crippen molar-refractivity contribution in [3.05, 3.63) is 0 Å². The van der Waals surface area contributed by atoms with Crippen LogP contribution in [-0.2, 0) is 0 Å². The maximum Gasteiger partial charge on any atom is 0.106 e. The van der Waals surface area contributed by atoms with E-state index in [-0.39, 0.29) is 5.54 Å². The molecule has 2 aliphatic carbocycles. The van der Waals surface area contributed by atoms with Gasteiger partial charge in [0.25, 0.3) is 0 Å². The van der Waals surface area contributed by atoms with Crippen LogP contribution in [0.5, 0.6) is 0 Å². The van der Waals surface area contributed by atoms with Crippen LogP contribution in [0.15, 0.2) is 0 Å². The van der Waals surface area contributed by atoms with Gasteiger partial charge in [-0.2, -0.15) is 5.26 Å². The van der Waals surface area contributed by atoms with Gasteiger partial charge in [-0.05, 0) is 51.0 Å². The summed E-state index contributed by atoms with van der Waals surface area (Å²) < 4.78 is 0. The second-order valence-electron chi connectivity index (χ2n) is 4.44. The molecule has 0 amide bonds. The molecular formula is C10H16N2. The number of rotatable bonds is 1. The van der Waals surface area contributed by atoms with Gasteiger partial charge in [-0.15, -0.1) is 0 Å². The summed E-state index contributed by atoms with van der Waals surface area (Å²) in [5, 5.41) is 12.2. The average molecular weight is 164 g/mol. The topological polar surface area (TPSA) is 35.8 Å². The van der Waals surface area contributed by atoms with Gasteiger partial charge in [0, 0.05) is 0 Å². The molecule has 0 saturated heterocycles. The number of hydrogen-bond donors (Lipinski definition) is 1. The quantitative estimate of drug-likeness (QED) is 0.641. The van der Waals surface area contributed by atoms with E-state index in [0.29, 0.717) is 5.41 Å². The average Bonchev–Trinajstić information content (AvgIpc) is 2.88. The van der Waals surface area contributed by atoms with Crippen molar-refractivity contribution >= 4 is 0 Å². The minimum atomic E-state index is -0.187. The highest BCUT2D eigenvalue weighted by Crippen LogP contribution is 2.57. The van der Waals surface area contributed by atoms with E-state index in [1.54, 1.807) is 0 Å². The minimum absolute atomic E-state index is 0.187. The molecule has 0 aromatic rings. The van der Waals surface area contributed by atoms with Crippen molar-refractivity contribution in [3.63, 3.8) is 0 Å². The Hall–Kier alpha value is -0.550. The fourth-order valence-corrected chi connectivity index (χ4v) is 2.30. The first-order chi connectivity index (χ1) is 5.74. The van der Waals surface area contributed by atoms with E-state index >= 15 is 0 Å². The van der Waals surface area contributed by atoms with Gasteiger partial charge in [-0.3, -0.25) is 0 Å². The van der Waals surface area contributed by atoms with Crippen LogP contribution in [0.3, 0.4) is 0 Å². The Kier molecular flexibility index (Phi) is 1.66. The van der Waals surface area contributed by atoms with E-state index in [1.165, 1.54) is 25.7 Å². The molecule has 2 aliphatic rings. The molecule has 2 heteroatoms. The zero-order valence-electron chi connectivity index (χ0n) is 7.69. The van der Waals surface area contributed by atoms with Crippen molar-refractivity contribution in [2.75, 3.05) is 7.05 Å². The Labute approximate surface area is 74.0 Å². The van der Waals surface area contributed by atoms with Gasteiger partial charge < -0.3 is 5.32 Å². The molecule has 0 heterocycles. The van der Waals surface area contributed by atoms with Crippen LogP contribution in [0, 0.1) is 16.7 Å². The Balaban J connectivity index is 2.01. The van der Waals surface area contributed by atoms with Crippen LogP contribution in [0.2, 0.25) is 0 Å². The molecular weight excluding hydrogens is 148 g/mol. The lowest BCUT2D eigenvalue weighted by Gasteiger charge is -2.34. The summed E-state index contributed by atoms with van der Waals surface area (Å²) in [7, 11) is 1.91. The molecule has 2 fully saturated rings. The third-order valence-corrected chi connectivity index (χ3v) is 3.81. The van der Waals surface area contributed by atoms with Crippen LogP contribution in [-0.4, -0.2) is 12.6 Å². The number of hydrogen-bond acceptors (Lipinski definition) is 2. The summed E-state index contributed by atoms with van der Waals surface area (Å²) in [4.78, 5) is 0. The van der Waals surface area contributed by atoms with Crippen LogP contribution < -0.4 is 5.32 Å². The van der Waals surface area contributed by atoms with E-state index in [1.807, 2.05) is 7.05 Å². The second-order valence-corrected chi connectivity index (χ2v) is 4.44. The molecule has 1 N–H and O–H groups in total. The molecule has 0 atom stereocenters. The molecule has 0 aliphatic heterocycles. The molecule has 2 nitrogen and oxygen atoms in total. The van der Waals surface area contributed by atoms with Crippen molar-refractivity contribution in [1.29, 1.82) is 5.26 Å². The van der Waals surface area contributed by atoms with Crippen LogP contribution in [0.1, 0.15) is 38.5 Å². The number of nitriles is 1. The van der Waals surface area contributed by atoms with Gasteiger partial charge in [0.15, 0.2) is 0 Å². The van der Waals surface area contributed by atoms with E-state index in [0.717, 1.165) is 12.8 Å². The summed E-state index contributed by atoms with van der Waals surface area (Å²) in [6.07, 6.45) is 7.47. The van der Waals surface area contributed by atoms with Crippen molar-refractivity contribution in [3.8, 4) is 6.07 Å². The second kappa shape index (κ2) is 2.47. The molecule has 2 saturated carbocycles. The van der Waals surface area contributed by atoms with E-state index in [9.17, 15) is 0 Å². The zero-order valence-corrected chi connectivity index (χ0v) is 7.69. The van der Waals surface area contributed by atoms with Crippen LogP contribution in [0.4, 0.5) is 0 Å². The predicted octanol–water partition coefficient (Wildman–Crippen LogP) is 1.82.